The maximum Gasteiger partial charge on any atom is 0.492 e. The van der Waals surface area contributed by atoms with Crippen LogP contribution in [0.4, 0.5) is 0 Å². The standard InChI is InChI=1S/C11H16NO13P3/c1-5-2-6(3-12-11(5)15)10-9(14)8(13)7(22-10)4-21-28(20)24-26(16,17)23-27(18,19)25-28/h2-3,7-10,13-14H,4H2,1H3,(H,12,15)(H,16,17)(H,18,19)/t7-,8+,9?,10+/m1/s1. The van der Waals surface area contributed by atoms with Gasteiger partial charge in [-0.3, -0.25) is 9.32 Å². The topological polar surface area (TPSA) is 211 Å². The molecular weight excluding hydrogens is 447 g/mol. The molecule has 2 fully saturated rings. The van der Waals surface area contributed by atoms with Gasteiger partial charge in [0.1, 0.15) is 24.4 Å². The summed E-state index contributed by atoms with van der Waals surface area (Å²) in [5.74, 6) is 0. The van der Waals surface area contributed by atoms with Crippen molar-refractivity contribution in [2.45, 2.75) is 31.3 Å². The summed E-state index contributed by atoms with van der Waals surface area (Å²) in [6.07, 6.45) is -4.18. The molecule has 0 amide bonds. The van der Waals surface area contributed by atoms with E-state index >= 15 is 0 Å². The Bertz CT molecular complexity index is 933. The first-order valence-electron chi connectivity index (χ1n) is 7.56. The minimum Gasteiger partial charge on any atom is -0.387 e. The average molecular weight is 463 g/mol. The van der Waals surface area contributed by atoms with Crippen LogP contribution in [0.5, 0.6) is 0 Å². The van der Waals surface area contributed by atoms with Crippen LogP contribution >= 0.6 is 23.5 Å². The molecule has 17 heteroatoms. The van der Waals surface area contributed by atoms with Gasteiger partial charge in [-0.15, -0.1) is 0 Å². The third-order valence-electron chi connectivity index (χ3n) is 3.81. The summed E-state index contributed by atoms with van der Waals surface area (Å²) in [6.45, 7) is 0.709. The SMILES string of the molecule is Cc1cc([C@@H]2O[C@H](COP3(=O)OP(=O)(O)OP(=O)(O)O3)[C@H](O)C2O)c[nH]c1=O. The lowest BCUT2D eigenvalue weighted by Gasteiger charge is -2.27. The van der Waals surface area contributed by atoms with Gasteiger partial charge in [-0.25, -0.2) is 13.7 Å². The van der Waals surface area contributed by atoms with Crippen molar-refractivity contribution in [2.75, 3.05) is 6.61 Å². The second-order valence-electron chi connectivity index (χ2n) is 5.95. The minimum absolute atomic E-state index is 0.327. The molecule has 1 aromatic heterocycles. The van der Waals surface area contributed by atoms with E-state index in [0.29, 0.717) is 11.1 Å². The molecule has 3 heterocycles. The molecule has 6 atom stereocenters. The van der Waals surface area contributed by atoms with Gasteiger partial charge in [-0.05, 0) is 13.0 Å². The Morgan fingerprint density at radius 3 is 2.29 bits per heavy atom. The van der Waals surface area contributed by atoms with Crippen LogP contribution in [0.3, 0.4) is 0 Å². The zero-order valence-electron chi connectivity index (χ0n) is 14.0. The molecule has 0 spiro atoms. The number of hydrogen-bond acceptors (Lipinski definition) is 11. The number of rotatable bonds is 4. The third-order valence-corrected chi connectivity index (χ3v) is 9.18. The molecule has 1 aromatic rings. The fourth-order valence-corrected chi connectivity index (χ4v) is 7.52. The van der Waals surface area contributed by atoms with Gasteiger partial charge in [0.05, 0.1) is 6.61 Å². The highest BCUT2D eigenvalue weighted by Crippen LogP contribution is 2.80. The van der Waals surface area contributed by atoms with E-state index in [-0.39, 0.29) is 5.56 Å². The van der Waals surface area contributed by atoms with E-state index in [1.54, 1.807) is 0 Å². The number of aliphatic hydroxyl groups excluding tert-OH is 2. The van der Waals surface area contributed by atoms with Crippen molar-refractivity contribution in [3.63, 3.8) is 0 Å². The van der Waals surface area contributed by atoms with Gasteiger partial charge in [-0.2, -0.15) is 12.9 Å². The maximum absolute atomic E-state index is 12.2. The van der Waals surface area contributed by atoms with Crippen molar-refractivity contribution in [2.24, 2.45) is 0 Å². The number of nitrogens with one attached hydrogen (secondary N) is 1. The number of ether oxygens (including phenoxy) is 1. The lowest BCUT2D eigenvalue weighted by molar-refractivity contribution is -0.0231. The first-order valence-corrected chi connectivity index (χ1v) is 12.0. The van der Waals surface area contributed by atoms with Crippen molar-refractivity contribution in [1.82, 2.24) is 4.98 Å². The van der Waals surface area contributed by atoms with Crippen LogP contribution in [0.1, 0.15) is 17.2 Å². The molecule has 2 aliphatic rings. The van der Waals surface area contributed by atoms with Gasteiger partial charge in [0.15, 0.2) is 0 Å². The van der Waals surface area contributed by atoms with Crippen LogP contribution in [0.2, 0.25) is 0 Å². The monoisotopic (exact) mass is 463 g/mol. The zero-order chi connectivity index (χ0) is 20.9. The van der Waals surface area contributed by atoms with Gasteiger partial charge in [0.2, 0.25) is 0 Å². The van der Waals surface area contributed by atoms with Crippen molar-refractivity contribution >= 4 is 23.5 Å². The van der Waals surface area contributed by atoms with Gasteiger partial charge in [0.25, 0.3) is 5.56 Å². The lowest BCUT2D eigenvalue weighted by atomic mass is 10.0. The van der Waals surface area contributed by atoms with E-state index in [1.165, 1.54) is 19.2 Å². The second kappa shape index (κ2) is 7.51. The number of aliphatic hydroxyl groups is 2. The normalized spacial score (nSPS) is 43.9. The van der Waals surface area contributed by atoms with Gasteiger partial charge in [-0.1, -0.05) is 0 Å². The van der Waals surface area contributed by atoms with E-state index < -0.39 is 54.5 Å². The molecule has 2 aliphatic heterocycles. The summed E-state index contributed by atoms with van der Waals surface area (Å²) in [6, 6.07) is 1.43. The fraction of sp³-hybridized carbons (Fsp3) is 0.545. The first kappa shape index (κ1) is 22.0. The molecular formula is C11H16NO13P3. The minimum atomic E-state index is -5.20. The lowest BCUT2D eigenvalue weighted by Crippen LogP contribution is -2.33. The highest BCUT2D eigenvalue weighted by Gasteiger charge is 2.55. The molecule has 5 N–H and O–H groups in total. The predicted molar refractivity (Wildman–Crippen MR) is 87.9 cm³/mol. The number of pyridine rings is 1. The van der Waals surface area contributed by atoms with Crippen molar-refractivity contribution in [3.8, 4) is 0 Å². The smallest absolute Gasteiger partial charge is 0.387 e. The zero-order valence-corrected chi connectivity index (χ0v) is 16.7. The van der Waals surface area contributed by atoms with Crippen molar-refractivity contribution in [1.29, 1.82) is 0 Å². The van der Waals surface area contributed by atoms with E-state index in [2.05, 4.69) is 22.4 Å². The summed E-state index contributed by atoms with van der Waals surface area (Å²) in [4.78, 5) is 32.2. The summed E-state index contributed by atoms with van der Waals surface area (Å²) >= 11 is 0. The fourth-order valence-electron chi connectivity index (χ4n) is 2.59. The number of phosphoric acid groups is 3. The van der Waals surface area contributed by atoms with E-state index in [9.17, 15) is 28.7 Å². The maximum atomic E-state index is 12.2. The summed E-state index contributed by atoms with van der Waals surface area (Å²) < 4.78 is 57.0. The third kappa shape index (κ3) is 4.71. The van der Waals surface area contributed by atoms with Crippen LogP contribution in [0.15, 0.2) is 17.1 Å². The Morgan fingerprint density at radius 2 is 1.71 bits per heavy atom. The molecule has 0 aromatic carbocycles. The molecule has 2 saturated heterocycles. The number of aryl methyl sites for hydroxylation is 1. The van der Waals surface area contributed by atoms with Gasteiger partial charge in [0, 0.05) is 17.3 Å². The van der Waals surface area contributed by atoms with Crippen LogP contribution in [0.25, 0.3) is 0 Å². The Hall–Kier alpha value is -0.720. The van der Waals surface area contributed by atoms with Crippen molar-refractivity contribution < 1.29 is 55.9 Å². The van der Waals surface area contributed by atoms with Crippen LogP contribution < -0.4 is 5.56 Å². The number of hydrogen-bond donors (Lipinski definition) is 5. The molecule has 14 nitrogen and oxygen atoms in total. The quantitative estimate of drug-likeness (QED) is 0.379. The molecule has 0 radical (unpaired) electrons. The summed E-state index contributed by atoms with van der Waals surface area (Å²) in [5.41, 5.74) is 0.301. The molecule has 3 rings (SSSR count). The number of aromatic amines is 1. The van der Waals surface area contributed by atoms with E-state index in [1.807, 2.05) is 0 Å². The van der Waals surface area contributed by atoms with Gasteiger partial charge < -0.3 is 29.7 Å². The molecule has 3 unspecified atom stereocenters. The Balaban J connectivity index is 1.72. The Labute approximate surface area is 156 Å². The molecule has 0 aliphatic carbocycles. The summed E-state index contributed by atoms with van der Waals surface area (Å²) in [7, 11) is -15.4. The Kier molecular flexibility index (Phi) is 5.90. The van der Waals surface area contributed by atoms with Crippen LogP contribution in [-0.4, -0.2) is 49.9 Å². The Morgan fingerprint density at radius 1 is 1.11 bits per heavy atom. The van der Waals surface area contributed by atoms with Crippen LogP contribution in [0, 0.1) is 6.92 Å². The highest BCUT2D eigenvalue weighted by atomic mass is 31.3. The van der Waals surface area contributed by atoms with E-state index in [4.69, 9.17) is 14.5 Å². The van der Waals surface area contributed by atoms with E-state index in [0.717, 1.165) is 0 Å². The first-order chi connectivity index (χ1) is 12.8. The largest absolute Gasteiger partial charge is 0.492 e. The molecule has 0 bridgehead atoms. The average Bonchev–Trinajstić information content (AvgIpc) is 2.80. The predicted octanol–water partition coefficient (Wildman–Crippen LogP) is 0.234. The van der Waals surface area contributed by atoms with Crippen LogP contribution in [-0.2, 0) is 35.9 Å². The molecule has 0 saturated carbocycles. The number of aromatic nitrogens is 1. The number of H-pyrrole nitrogens is 1. The second-order valence-corrected chi connectivity index (χ2v) is 10.9. The van der Waals surface area contributed by atoms with Gasteiger partial charge >= 0.3 is 23.5 Å². The summed E-state index contributed by atoms with van der Waals surface area (Å²) in [5, 5.41) is 20.3. The van der Waals surface area contributed by atoms with Crippen molar-refractivity contribution in [3.05, 3.63) is 33.7 Å². The molecule has 28 heavy (non-hydrogen) atoms. The highest BCUT2D eigenvalue weighted by molar-refractivity contribution is 7.74. The molecule has 158 valence electrons.